The molecule has 0 unspecified atom stereocenters. The monoisotopic (exact) mass is 639 g/mol. The third kappa shape index (κ3) is 5.13. The molecule has 0 atom stereocenters. The Balaban J connectivity index is 1.47. The number of benzene rings is 4. The Morgan fingerprint density at radius 3 is 0.960 bits per heavy atom. The molecule has 5 nitrogen and oxygen atoms in total. The molecule has 4 aromatic carbocycles. The number of hydrogen-bond donors (Lipinski definition) is 2. The van der Waals surface area contributed by atoms with E-state index in [2.05, 4.69) is 137 Å². The van der Waals surface area contributed by atoms with Crippen LogP contribution in [0.1, 0.15) is 28.3 Å². The van der Waals surface area contributed by atoms with Crippen molar-refractivity contribution in [3.05, 3.63) is 168 Å². The van der Waals surface area contributed by atoms with Crippen LogP contribution >= 0.6 is 0 Å². The Kier molecular flexibility index (Phi) is 7.11. The molecule has 234 valence electrons. The van der Waals surface area contributed by atoms with Gasteiger partial charge in [-0.15, -0.1) is 0 Å². The Morgan fingerprint density at radius 1 is 0.360 bits per heavy atom. The summed E-state index contributed by atoms with van der Waals surface area (Å²) in [5.41, 5.74) is 16.0. The second-order valence-electron chi connectivity index (χ2n) is 12.3. The molecular formula is C45H29N5. The number of aromatic nitrogens is 4. The van der Waals surface area contributed by atoms with Crippen LogP contribution in [0.5, 0.6) is 0 Å². The number of H-pyrrole nitrogens is 2. The molecule has 50 heavy (non-hydrogen) atoms. The molecule has 2 N–H and O–H groups in total. The molecule has 0 aliphatic carbocycles. The summed E-state index contributed by atoms with van der Waals surface area (Å²) < 4.78 is 0. The van der Waals surface area contributed by atoms with Crippen molar-refractivity contribution in [1.82, 2.24) is 19.9 Å². The van der Waals surface area contributed by atoms with Gasteiger partial charge in [-0.05, 0) is 83.0 Å². The highest BCUT2D eigenvalue weighted by Gasteiger charge is 2.18. The van der Waals surface area contributed by atoms with Crippen LogP contribution in [0.25, 0.3) is 90.9 Å². The first kappa shape index (κ1) is 29.1. The number of nitriles is 1. The molecule has 7 aromatic rings. The summed E-state index contributed by atoms with van der Waals surface area (Å²) in [5, 5.41) is 9.54. The maximum atomic E-state index is 9.54. The summed E-state index contributed by atoms with van der Waals surface area (Å²) in [6, 6.07) is 49.7. The van der Waals surface area contributed by atoms with Crippen LogP contribution in [0.4, 0.5) is 0 Å². The van der Waals surface area contributed by atoms with E-state index < -0.39 is 0 Å². The lowest BCUT2D eigenvalue weighted by Crippen LogP contribution is -1.89. The third-order valence-corrected chi connectivity index (χ3v) is 9.24. The highest BCUT2D eigenvalue weighted by molar-refractivity contribution is 5.99. The Labute approximate surface area is 289 Å². The van der Waals surface area contributed by atoms with Gasteiger partial charge in [0.25, 0.3) is 0 Å². The molecule has 0 saturated carbocycles. The average Bonchev–Trinajstić information content (AvgIpc) is 4.01. The summed E-state index contributed by atoms with van der Waals surface area (Å²) in [7, 11) is 0. The molecule has 0 spiro atoms. The minimum atomic E-state index is 0.609. The summed E-state index contributed by atoms with van der Waals surface area (Å²) >= 11 is 0. The van der Waals surface area contributed by atoms with Gasteiger partial charge in [0.2, 0.25) is 0 Å². The lowest BCUT2D eigenvalue weighted by atomic mass is 10.0. The van der Waals surface area contributed by atoms with Crippen LogP contribution < -0.4 is 0 Å². The van der Waals surface area contributed by atoms with Gasteiger partial charge in [0, 0.05) is 44.3 Å². The Morgan fingerprint density at radius 2 is 0.660 bits per heavy atom. The maximum Gasteiger partial charge on any atom is 0.0991 e. The summed E-state index contributed by atoms with van der Waals surface area (Å²) in [4.78, 5) is 18.2. The first-order valence-corrected chi connectivity index (χ1v) is 16.6. The molecule has 2 aliphatic heterocycles. The van der Waals surface area contributed by atoms with E-state index in [0.29, 0.717) is 5.56 Å². The molecule has 2 aliphatic rings. The predicted octanol–water partition coefficient (Wildman–Crippen LogP) is 11.2. The van der Waals surface area contributed by atoms with Crippen molar-refractivity contribution in [3.8, 4) is 50.6 Å². The van der Waals surface area contributed by atoms with Crippen molar-refractivity contribution in [2.75, 3.05) is 0 Å². The van der Waals surface area contributed by atoms with Gasteiger partial charge >= 0.3 is 0 Å². The van der Waals surface area contributed by atoms with Crippen molar-refractivity contribution < 1.29 is 0 Å². The number of nitrogens with one attached hydrogen (secondary N) is 2. The zero-order chi connectivity index (χ0) is 33.4. The van der Waals surface area contributed by atoms with E-state index in [0.717, 1.165) is 89.4 Å². The minimum absolute atomic E-state index is 0.609. The van der Waals surface area contributed by atoms with E-state index in [1.165, 1.54) is 0 Å². The molecular weight excluding hydrogens is 611 g/mol. The zero-order valence-electron chi connectivity index (χ0n) is 26.9. The van der Waals surface area contributed by atoms with Gasteiger partial charge in [0.1, 0.15) is 0 Å². The number of nitrogens with zero attached hydrogens (tertiary/aromatic N) is 3. The van der Waals surface area contributed by atoms with Crippen molar-refractivity contribution in [1.29, 1.82) is 5.26 Å². The van der Waals surface area contributed by atoms with Gasteiger partial charge in [-0.3, -0.25) is 0 Å². The number of aromatic amines is 2. The second kappa shape index (κ2) is 12.2. The van der Waals surface area contributed by atoms with Crippen LogP contribution in [0.15, 0.2) is 140 Å². The number of hydrogen-bond acceptors (Lipinski definition) is 3. The van der Waals surface area contributed by atoms with Crippen LogP contribution in [0.2, 0.25) is 0 Å². The molecule has 0 fully saturated rings. The van der Waals surface area contributed by atoms with Gasteiger partial charge in [-0.25, -0.2) is 9.97 Å². The maximum absolute atomic E-state index is 9.54. The van der Waals surface area contributed by atoms with E-state index in [-0.39, 0.29) is 0 Å². The van der Waals surface area contributed by atoms with Gasteiger partial charge < -0.3 is 9.97 Å². The zero-order valence-corrected chi connectivity index (χ0v) is 26.9. The molecule has 0 radical (unpaired) electrons. The molecule has 5 heterocycles. The lowest BCUT2D eigenvalue weighted by Gasteiger charge is -2.07. The second-order valence-corrected chi connectivity index (χ2v) is 12.3. The fourth-order valence-corrected chi connectivity index (χ4v) is 6.95. The van der Waals surface area contributed by atoms with Crippen LogP contribution in [-0.2, 0) is 0 Å². The molecule has 0 amide bonds. The highest BCUT2D eigenvalue weighted by atomic mass is 14.8. The largest absolute Gasteiger partial charge is 0.354 e. The number of rotatable bonds is 4. The van der Waals surface area contributed by atoms with E-state index >= 15 is 0 Å². The average molecular weight is 640 g/mol. The minimum Gasteiger partial charge on any atom is -0.354 e. The smallest absolute Gasteiger partial charge is 0.0991 e. The molecule has 3 aromatic heterocycles. The van der Waals surface area contributed by atoms with Crippen molar-refractivity contribution in [2.45, 2.75) is 0 Å². The quantitative estimate of drug-likeness (QED) is 0.201. The summed E-state index contributed by atoms with van der Waals surface area (Å²) in [5.74, 6) is 0. The Bertz CT molecular complexity index is 2640. The van der Waals surface area contributed by atoms with Crippen molar-refractivity contribution in [3.63, 3.8) is 0 Å². The van der Waals surface area contributed by atoms with Gasteiger partial charge in [-0.2, -0.15) is 5.26 Å². The van der Waals surface area contributed by atoms with Gasteiger partial charge in [0.15, 0.2) is 0 Å². The third-order valence-electron chi connectivity index (χ3n) is 9.24. The summed E-state index contributed by atoms with van der Waals surface area (Å²) in [6.07, 6.45) is 8.41. The van der Waals surface area contributed by atoms with Crippen LogP contribution in [-0.4, -0.2) is 19.9 Å². The first-order valence-electron chi connectivity index (χ1n) is 16.6. The Hall–Kier alpha value is -7.03. The fourth-order valence-electron chi connectivity index (χ4n) is 6.95. The molecule has 8 bridgehead atoms. The van der Waals surface area contributed by atoms with Crippen molar-refractivity contribution in [2.24, 2.45) is 0 Å². The predicted molar refractivity (Wildman–Crippen MR) is 205 cm³/mol. The van der Waals surface area contributed by atoms with Crippen LogP contribution in [0, 0.1) is 11.3 Å². The standard InChI is InChI=1S/C45H29N5/c46-28-29-16-18-33(19-17-29)45-40-26-24-38(49-40)43(31-12-6-2-7-13-31)36-22-20-34(47-36)42(30-10-4-1-5-11-30)35-21-23-37(48-35)44(32-14-8-3-9-15-32)39-25-27-41(45)50-39/h1-27,47,50H. The van der Waals surface area contributed by atoms with E-state index in [1.807, 2.05) is 42.5 Å². The summed E-state index contributed by atoms with van der Waals surface area (Å²) in [6.45, 7) is 0. The van der Waals surface area contributed by atoms with Gasteiger partial charge in [0.05, 0.1) is 34.4 Å². The topological polar surface area (TPSA) is 81.2 Å². The van der Waals surface area contributed by atoms with E-state index in [4.69, 9.17) is 9.97 Å². The number of fused-ring (bicyclic) bond motifs is 8. The molecule has 5 heteroatoms. The van der Waals surface area contributed by atoms with Gasteiger partial charge in [-0.1, -0.05) is 103 Å². The van der Waals surface area contributed by atoms with Crippen molar-refractivity contribution >= 4 is 46.4 Å². The van der Waals surface area contributed by atoms with E-state index in [9.17, 15) is 5.26 Å². The fraction of sp³-hybridized carbons (Fsp3) is 0. The van der Waals surface area contributed by atoms with E-state index in [1.54, 1.807) is 0 Å². The SMILES string of the molecule is N#Cc1ccc(-c2c3nc(c(-c4ccccc4)c4ccc([nH]4)c(-c4ccccc4)c4nc(c(-c5ccccc5)c5ccc2[nH]5)C=C4)C=C3)cc1. The normalized spacial score (nSPS) is 11.8. The van der Waals surface area contributed by atoms with Crippen LogP contribution in [0.3, 0.4) is 0 Å². The first-order chi connectivity index (χ1) is 24.7. The molecule has 0 saturated heterocycles. The highest BCUT2D eigenvalue weighted by Crippen LogP contribution is 2.38. The molecule has 9 rings (SSSR count). The lowest BCUT2D eigenvalue weighted by molar-refractivity contribution is 1.31.